The molecule has 0 bridgehead atoms. The number of aromatic nitrogens is 1. The fraction of sp³-hybridized carbons (Fsp3) is 0.643. The van der Waals surface area contributed by atoms with Gasteiger partial charge in [0.2, 0.25) is 0 Å². The van der Waals surface area contributed by atoms with Crippen LogP contribution in [0.4, 0.5) is 0 Å². The first kappa shape index (κ1) is 12.4. The van der Waals surface area contributed by atoms with Gasteiger partial charge in [-0.15, -0.1) is 0 Å². The third-order valence-electron chi connectivity index (χ3n) is 3.30. The zero-order valence-electron chi connectivity index (χ0n) is 10.6. The molecule has 94 valence electrons. The molecular formula is C14H21NO2. The number of aliphatic hydroxyl groups is 1. The SMILES string of the molecule is CC(C)c1ccc(OC2CCC(O)CC2)cn1. The predicted molar refractivity (Wildman–Crippen MR) is 67.2 cm³/mol. The summed E-state index contributed by atoms with van der Waals surface area (Å²) in [5, 5.41) is 9.42. The topological polar surface area (TPSA) is 42.4 Å². The van der Waals surface area contributed by atoms with E-state index in [1.807, 2.05) is 12.1 Å². The molecule has 0 amide bonds. The van der Waals surface area contributed by atoms with Crippen molar-refractivity contribution in [2.45, 2.75) is 57.7 Å². The maximum Gasteiger partial charge on any atom is 0.138 e. The summed E-state index contributed by atoms with van der Waals surface area (Å²) < 4.78 is 5.86. The number of hydrogen-bond donors (Lipinski definition) is 1. The van der Waals surface area contributed by atoms with Crippen LogP contribution in [0.3, 0.4) is 0 Å². The molecule has 1 aromatic rings. The van der Waals surface area contributed by atoms with Gasteiger partial charge in [-0.25, -0.2) is 0 Å². The lowest BCUT2D eigenvalue weighted by Crippen LogP contribution is -2.26. The molecule has 1 fully saturated rings. The molecule has 0 saturated heterocycles. The number of ether oxygens (including phenoxy) is 1. The lowest BCUT2D eigenvalue weighted by atomic mass is 9.95. The zero-order valence-corrected chi connectivity index (χ0v) is 10.6. The van der Waals surface area contributed by atoms with Gasteiger partial charge in [0.1, 0.15) is 5.75 Å². The molecule has 3 nitrogen and oxygen atoms in total. The summed E-state index contributed by atoms with van der Waals surface area (Å²) >= 11 is 0. The van der Waals surface area contributed by atoms with Crippen molar-refractivity contribution in [3.63, 3.8) is 0 Å². The Morgan fingerprint density at radius 1 is 1.24 bits per heavy atom. The van der Waals surface area contributed by atoms with Crippen molar-refractivity contribution in [1.82, 2.24) is 4.98 Å². The minimum Gasteiger partial charge on any atom is -0.489 e. The Balaban J connectivity index is 1.90. The smallest absolute Gasteiger partial charge is 0.138 e. The molecule has 0 aromatic carbocycles. The van der Waals surface area contributed by atoms with Crippen LogP contribution in [0.2, 0.25) is 0 Å². The molecule has 1 saturated carbocycles. The van der Waals surface area contributed by atoms with E-state index in [9.17, 15) is 5.11 Å². The van der Waals surface area contributed by atoms with Crippen LogP contribution in [0.15, 0.2) is 18.3 Å². The molecule has 1 aliphatic rings. The fourth-order valence-corrected chi connectivity index (χ4v) is 2.16. The summed E-state index contributed by atoms with van der Waals surface area (Å²) in [6, 6.07) is 4.02. The summed E-state index contributed by atoms with van der Waals surface area (Å²) in [7, 11) is 0. The van der Waals surface area contributed by atoms with Crippen LogP contribution in [-0.4, -0.2) is 22.3 Å². The van der Waals surface area contributed by atoms with E-state index in [0.717, 1.165) is 37.1 Å². The Bertz CT molecular complexity index is 340. The number of pyridine rings is 1. The fourth-order valence-electron chi connectivity index (χ4n) is 2.16. The van der Waals surface area contributed by atoms with Crippen molar-refractivity contribution >= 4 is 0 Å². The Morgan fingerprint density at radius 3 is 2.47 bits per heavy atom. The maximum atomic E-state index is 9.42. The standard InChI is InChI=1S/C14H21NO2/c1-10(2)14-8-7-13(9-15-14)17-12-5-3-11(16)4-6-12/h7-12,16H,3-6H2,1-2H3. The minimum absolute atomic E-state index is 0.128. The lowest BCUT2D eigenvalue weighted by molar-refractivity contribution is 0.0664. The first-order chi connectivity index (χ1) is 8.15. The van der Waals surface area contributed by atoms with E-state index in [-0.39, 0.29) is 12.2 Å². The van der Waals surface area contributed by atoms with E-state index < -0.39 is 0 Å². The summed E-state index contributed by atoms with van der Waals surface area (Å²) in [6.07, 6.45) is 5.49. The van der Waals surface area contributed by atoms with Crippen LogP contribution in [0.25, 0.3) is 0 Å². The van der Waals surface area contributed by atoms with Gasteiger partial charge in [-0.3, -0.25) is 4.98 Å². The van der Waals surface area contributed by atoms with Gasteiger partial charge < -0.3 is 9.84 Å². The number of hydrogen-bond acceptors (Lipinski definition) is 3. The van der Waals surface area contributed by atoms with Gasteiger partial charge in [-0.2, -0.15) is 0 Å². The highest BCUT2D eigenvalue weighted by molar-refractivity contribution is 5.21. The molecule has 0 atom stereocenters. The van der Waals surface area contributed by atoms with Crippen molar-refractivity contribution in [2.75, 3.05) is 0 Å². The Hall–Kier alpha value is -1.09. The van der Waals surface area contributed by atoms with Gasteiger partial charge in [0.25, 0.3) is 0 Å². The molecular weight excluding hydrogens is 214 g/mol. The molecule has 3 heteroatoms. The average Bonchev–Trinajstić information content (AvgIpc) is 2.33. The second-order valence-corrected chi connectivity index (χ2v) is 5.12. The first-order valence-corrected chi connectivity index (χ1v) is 6.46. The van der Waals surface area contributed by atoms with Crippen molar-refractivity contribution in [3.05, 3.63) is 24.0 Å². The van der Waals surface area contributed by atoms with E-state index >= 15 is 0 Å². The van der Waals surface area contributed by atoms with Crippen LogP contribution >= 0.6 is 0 Å². The van der Waals surface area contributed by atoms with Crippen molar-refractivity contribution in [1.29, 1.82) is 0 Å². The largest absolute Gasteiger partial charge is 0.489 e. The normalized spacial score (nSPS) is 24.9. The average molecular weight is 235 g/mol. The number of aliphatic hydroxyl groups excluding tert-OH is 1. The van der Waals surface area contributed by atoms with E-state index in [4.69, 9.17) is 4.74 Å². The summed E-state index contributed by atoms with van der Waals surface area (Å²) in [5.74, 6) is 1.30. The molecule has 0 unspecified atom stereocenters. The monoisotopic (exact) mass is 235 g/mol. The predicted octanol–water partition coefficient (Wildman–Crippen LogP) is 2.89. The van der Waals surface area contributed by atoms with Crippen LogP contribution < -0.4 is 4.74 Å². The quantitative estimate of drug-likeness (QED) is 0.876. The Morgan fingerprint density at radius 2 is 1.94 bits per heavy atom. The molecule has 1 heterocycles. The van der Waals surface area contributed by atoms with Crippen molar-refractivity contribution < 1.29 is 9.84 Å². The van der Waals surface area contributed by atoms with Gasteiger partial charge in [0, 0.05) is 5.69 Å². The van der Waals surface area contributed by atoms with Gasteiger partial charge in [-0.05, 0) is 43.7 Å². The number of nitrogens with zero attached hydrogens (tertiary/aromatic N) is 1. The molecule has 1 N–H and O–H groups in total. The van der Waals surface area contributed by atoms with Gasteiger partial charge in [0.15, 0.2) is 0 Å². The van der Waals surface area contributed by atoms with Crippen LogP contribution in [0.5, 0.6) is 5.75 Å². The van der Waals surface area contributed by atoms with Crippen molar-refractivity contribution in [2.24, 2.45) is 0 Å². The van der Waals surface area contributed by atoms with Gasteiger partial charge >= 0.3 is 0 Å². The number of rotatable bonds is 3. The second-order valence-electron chi connectivity index (χ2n) is 5.12. The lowest BCUT2D eigenvalue weighted by Gasteiger charge is -2.26. The van der Waals surface area contributed by atoms with Crippen molar-refractivity contribution in [3.8, 4) is 5.75 Å². The van der Waals surface area contributed by atoms with Crippen LogP contribution in [0.1, 0.15) is 51.1 Å². The molecule has 17 heavy (non-hydrogen) atoms. The molecule has 0 spiro atoms. The van der Waals surface area contributed by atoms with Gasteiger partial charge in [0.05, 0.1) is 18.4 Å². The summed E-state index contributed by atoms with van der Waals surface area (Å²) in [6.45, 7) is 4.26. The van der Waals surface area contributed by atoms with E-state index in [2.05, 4.69) is 18.8 Å². The second kappa shape index (κ2) is 5.50. The Labute approximate surface area is 103 Å². The molecule has 1 aliphatic carbocycles. The maximum absolute atomic E-state index is 9.42. The summed E-state index contributed by atoms with van der Waals surface area (Å²) in [4.78, 5) is 4.38. The highest BCUT2D eigenvalue weighted by Crippen LogP contribution is 2.24. The first-order valence-electron chi connectivity index (χ1n) is 6.46. The van der Waals surface area contributed by atoms with E-state index in [1.165, 1.54) is 0 Å². The molecule has 0 aliphatic heterocycles. The molecule has 1 aromatic heterocycles. The van der Waals surface area contributed by atoms with Crippen LogP contribution in [0, 0.1) is 0 Å². The van der Waals surface area contributed by atoms with Crippen LogP contribution in [-0.2, 0) is 0 Å². The summed E-state index contributed by atoms with van der Waals surface area (Å²) in [5.41, 5.74) is 1.09. The Kier molecular flexibility index (Phi) is 4.00. The van der Waals surface area contributed by atoms with E-state index in [0.29, 0.717) is 5.92 Å². The van der Waals surface area contributed by atoms with E-state index in [1.54, 1.807) is 6.20 Å². The highest BCUT2D eigenvalue weighted by atomic mass is 16.5. The molecule has 2 rings (SSSR count). The van der Waals surface area contributed by atoms with Gasteiger partial charge in [-0.1, -0.05) is 13.8 Å². The highest BCUT2D eigenvalue weighted by Gasteiger charge is 2.20. The third kappa shape index (κ3) is 3.43. The third-order valence-corrected chi connectivity index (χ3v) is 3.30. The molecule has 0 radical (unpaired) electrons. The zero-order chi connectivity index (χ0) is 12.3. The minimum atomic E-state index is -0.128.